The Bertz CT molecular complexity index is 828. The first-order chi connectivity index (χ1) is 11.8. The predicted molar refractivity (Wildman–Crippen MR) is 95.6 cm³/mol. The van der Waals surface area contributed by atoms with Crippen LogP contribution >= 0.6 is 0 Å². The van der Waals surface area contributed by atoms with E-state index in [0.29, 0.717) is 0 Å². The molecule has 0 bridgehead atoms. The molecule has 3 aromatic carbocycles. The third-order valence-corrected chi connectivity index (χ3v) is 3.62. The number of hydrogen-bond acceptors (Lipinski definition) is 4. The number of ether oxygens (including phenoxy) is 2. The summed E-state index contributed by atoms with van der Waals surface area (Å²) in [5.74, 6) is 1.61. The molecule has 0 N–H and O–H groups in total. The molecule has 0 unspecified atom stereocenters. The number of methoxy groups -OCH3 is 2. The Balaban J connectivity index is 1.94. The van der Waals surface area contributed by atoms with Gasteiger partial charge in [0.25, 0.3) is 0 Å². The molecule has 0 saturated heterocycles. The molecule has 0 aromatic heterocycles. The van der Waals surface area contributed by atoms with Crippen LogP contribution in [-0.2, 0) is 0 Å². The van der Waals surface area contributed by atoms with Gasteiger partial charge in [0.05, 0.1) is 25.6 Å². The van der Waals surface area contributed by atoms with Gasteiger partial charge in [-0.05, 0) is 48.0 Å². The van der Waals surface area contributed by atoms with Crippen LogP contribution in [0.1, 0.15) is 0 Å². The van der Waals surface area contributed by atoms with Crippen molar-refractivity contribution in [3.05, 3.63) is 72.8 Å². The van der Waals surface area contributed by atoms with Crippen molar-refractivity contribution in [3.63, 3.8) is 0 Å². The minimum absolute atomic E-state index is 0.769. The third-order valence-electron chi connectivity index (χ3n) is 3.62. The summed E-state index contributed by atoms with van der Waals surface area (Å²) in [6.45, 7) is 0. The first kappa shape index (κ1) is 15.7. The topological polar surface area (TPSA) is 43.2 Å². The van der Waals surface area contributed by atoms with Gasteiger partial charge in [0.1, 0.15) is 11.5 Å². The van der Waals surface area contributed by atoms with E-state index < -0.39 is 0 Å². The molecule has 0 atom stereocenters. The maximum atomic E-state index is 5.47. The van der Waals surface area contributed by atoms with E-state index in [1.54, 1.807) is 14.2 Å². The Kier molecular flexibility index (Phi) is 4.87. The molecule has 3 rings (SSSR count). The van der Waals surface area contributed by atoms with Crippen LogP contribution in [0.3, 0.4) is 0 Å². The molecule has 0 heterocycles. The fraction of sp³-hybridized carbons (Fsp3) is 0.100. The monoisotopic (exact) mass is 318 g/mol. The summed E-state index contributed by atoms with van der Waals surface area (Å²) in [4.78, 5) is 0. The largest absolute Gasteiger partial charge is 0.497 e. The highest BCUT2D eigenvalue weighted by Crippen LogP contribution is 2.34. The average Bonchev–Trinajstić information content (AvgIpc) is 2.67. The fourth-order valence-corrected chi connectivity index (χ4v) is 2.36. The molecular weight excluding hydrogens is 300 g/mol. The lowest BCUT2D eigenvalue weighted by molar-refractivity contribution is 0.414. The normalized spacial score (nSPS) is 10.8. The third kappa shape index (κ3) is 3.60. The molecule has 4 nitrogen and oxygen atoms in total. The maximum absolute atomic E-state index is 5.47. The maximum Gasteiger partial charge on any atom is 0.126 e. The molecule has 0 saturated carbocycles. The summed E-state index contributed by atoms with van der Waals surface area (Å²) < 4.78 is 10.7. The van der Waals surface area contributed by atoms with E-state index in [1.807, 2.05) is 72.8 Å². The number of rotatable bonds is 5. The summed E-state index contributed by atoms with van der Waals surface area (Å²) in [6.07, 6.45) is 0. The van der Waals surface area contributed by atoms with Crippen molar-refractivity contribution in [1.82, 2.24) is 0 Å². The van der Waals surface area contributed by atoms with Gasteiger partial charge in [-0.1, -0.05) is 30.3 Å². The van der Waals surface area contributed by atoms with E-state index in [4.69, 9.17) is 9.47 Å². The van der Waals surface area contributed by atoms with Crippen LogP contribution in [0, 0.1) is 0 Å². The van der Waals surface area contributed by atoms with E-state index in [2.05, 4.69) is 10.2 Å². The second kappa shape index (κ2) is 7.42. The Morgan fingerprint density at radius 1 is 0.667 bits per heavy atom. The van der Waals surface area contributed by atoms with Gasteiger partial charge in [-0.25, -0.2) is 0 Å². The average molecular weight is 318 g/mol. The highest BCUT2D eigenvalue weighted by Gasteiger charge is 2.07. The van der Waals surface area contributed by atoms with Gasteiger partial charge in [-0.3, -0.25) is 0 Å². The molecule has 0 aliphatic carbocycles. The van der Waals surface area contributed by atoms with E-state index in [1.165, 1.54) is 0 Å². The molecule has 0 aliphatic rings. The van der Waals surface area contributed by atoms with Crippen LogP contribution in [0.2, 0.25) is 0 Å². The van der Waals surface area contributed by atoms with Crippen LogP contribution < -0.4 is 9.47 Å². The zero-order chi connectivity index (χ0) is 16.8. The Morgan fingerprint density at radius 2 is 1.38 bits per heavy atom. The smallest absolute Gasteiger partial charge is 0.126 e. The fourth-order valence-electron chi connectivity index (χ4n) is 2.36. The Morgan fingerprint density at radius 3 is 2.04 bits per heavy atom. The van der Waals surface area contributed by atoms with E-state index in [9.17, 15) is 0 Å². The van der Waals surface area contributed by atoms with Gasteiger partial charge in [-0.2, -0.15) is 10.2 Å². The van der Waals surface area contributed by atoms with Crippen molar-refractivity contribution in [2.24, 2.45) is 10.2 Å². The second-order valence-electron chi connectivity index (χ2n) is 5.15. The summed E-state index contributed by atoms with van der Waals surface area (Å²) in [7, 11) is 3.31. The molecule has 0 fully saturated rings. The van der Waals surface area contributed by atoms with Crippen LogP contribution in [0.25, 0.3) is 11.1 Å². The Hall–Kier alpha value is -3.14. The second-order valence-corrected chi connectivity index (χ2v) is 5.15. The molecule has 3 aromatic rings. The van der Waals surface area contributed by atoms with Crippen LogP contribution in [-0.4, -0.2) is 14.2 Å². The van der Waals surface area contributed by atoms with Gasteiger partial charge in [-0.15, -0.1) is 0 Å². The van der Waals surface area contributed by atoms with Crippen molar-refractivity contribution in [3.8, 4) is 22.6 Å². The SMILES string of the molecule is COc1ccc(-c2cc(N=Nc3ccccc3)ccc2OC)cc1. The van der Waals surface area contributed by atoms with Crippen molar-refractivity contribution < 1.29 is 9.47 Å². The summed E-state index contributed by atoms with van der Waals surface area (Å²) in [5.41, 5.74) is 3.58. The highest BCUT2D eigenvalue weighted by atomic mass is 16.5. The van der Waals surface area contributed by atoms with E-state index in [0.717, 1.165) is 34.0 Å². The number of azo groups is 1. The van der Waals surface area contributed by atoms with Crippen molar-refractivity contribution in [1.29, 1.82) is 0 Å². The van der Waals surface area contributed by atoms with Gasteiger partial charge in [0, 0.05) is 5.56 Å². The molecule has 24 heavy (non-hydrogen) atoms. The van der Waals surface area contributed by atoms with Crippen LogP contribution in [0.15, 0.2) is 83.0 Å². The zero-order valence-electron chi connectivity index (χ0n) is 13.6. The quantitative estimate of drug-likeness (QED) is 0.559. The number of hydrogen-bond donors (Lipinski definition) is 0. The summed E-state index contributed by atoms with van der Waals surface area (Å²) >= 11 is 0. The van der Waals surface area contributed by atoms with Gasteiger partial charge in [0.2, 0.25) is 0 Å². The van der Waals surface area contributed by atoms with E-state index in [-0.39, 0.29) is 0 Å². The van der Waals surface area contributed by atoms with Gasteiger partial charge < -0.3 is 9.47 Å². The lowest BCUT2D eigenvalue weighted by Gasteiger charge is -2.10. The number of nitrogens with zero attached hydrogens (tertiary/aromatic N) is 2. The molecule has 120 valence electrons. The predicted octanol–water partition coefficient (Wildman–Crippen LogP) is 5.79. The van der Waals surface area contributed by atoms with Gasteiger partial charge in [0.15, 0.2) is 0 Å². The zero-order valence-corrected chi connectivity index (χ0v) is 13.6. The van der Waals surface area contributed by atoms with Crippen LogP contribution in [0.5, 0.6) is 11.5 Å². The van der Waals surface area contributed by atoms with Crippen LogP contribution in [0.4, 0.5) is 11.4 Å². The summed E-state index contributed by atoms with van der Waals surface area (Å²) in [5, 5.41) is 8.57. The van der Waals surface area contributed by atoms with Crippen molar-refractivity contribution in [2.75, 3.05) is 14.2 Å². The summed E-state index contributed by atoms with van der Waals surface area (Å²) in [6, 6.07) is 23.2. The number of benzene rings is 3. The molecule has 0 spiro atoms. The lowest BCUT2D eigenvalue weighted by Crippen LogP contribution is -1.88. The minimum Gasteiger partial charge on any atom is -0.497 e. The minimum atomic E-state index is 0.769. The highest BCUT2D eigenvalue weighted by molar-refractivity contribution is 5.74. The Labute approximate surface area is 141 Å². The van der Waals surface area contributed by atoms with Gasteiger partial charge >= 0.3 is 0 Å². The first-order valence-electron chi connectivity index (χ1n) is 7.59. The first-order valence-corrected chi connectivity index (χ1v) is 7.59. The molecule has 0 aliphatic heterocycles. The lowest BCUT2D eigenvalue weighted by atomic mass is 10.0. The molecule has 4 heteroatoms. The van der Waals surface area contributed by atoms with Crippen molar-refractivity contribution in [2.45, 2.75) is 0 Å². The molecule has 0 radical (unpaired) electrons. The molecular formula is C20H18N2O2. The van der Waals surface area contributed by atoms with Crippen molar-refractivity contribution >= 4 is 11.4 Å². The van der Waals surface area contributed by atoms with E-state index >= 15 is 0 Å². The standard InChI is InChI=1S/C20H18N2O2/c1-23-18-11-8-15(9-12-18)19-14-17(10-13-20(19)24-2)22-21-16-6-4-3-5-7-16/h3-14H,1-2H3. The molecule has 0 amide bonds.